The molecule has 0 spiro atoms. The fourth-order valence-electron chi connectivity index (χ4n) is 0.926. The van der Waals surface area contributed by atoms with Gasteiger partial charge in [0, 0.05) is 18.5 Å². The molecule has 0 amide bonds. The zero-order valence-electron chi connectivity index (χ0n) is 5.46. The molecule has 56 valence electrons. The van der Waals surface area contributed by atoms with Crippen molar-refractivity contribution >= 4 is 17.2 Å². The molecule has 2 heterocycles. The molecule has 2 nitrogen and oxygen atoms in total. The second-order valence-corrected chi connectivity index (χ2v) is 2.56. The molecular formula is C7H4ClFN2. The quantitative estimate of drug-likeness (QED) is 0.592. The average Bonchev–Trinajstić information content (AvgIpc) is 2.27. The number of halogens is 2. The van der Waals surface area contributed by atoms with Crippen molar-refractivity contribution in [3.05, 3.63) is 35.5 Å². The molecule has 0 aromatic carbocycles. The zero-order valence-corrected chi connectivity index (χ0v) is 6.22. The summed E-state index contributed by atoms with van der Waals surface area (Å²) < 4.78 is 14.2. The summed E-state index contributed by atoms with van der Waals surface area (Å²) in [6.07, 6.45) is 3.19. The summed E-state index contributed by atoms with van der Waals surface area (Å²) >= 11 is 5.58. The Labute approximate surface area is 67.2 Å². The van der Waals surface area contributed by atoms with E-state index in [9.17, 15) is 4.39 Å². The smallest absolute Gasteiger partial charge is 0.148 e. The Morgan fingerprint density at radius 2 is 2.36 bits per heavy atom. The molecule has 2 aromatic rings. The van der Waals surface area contributed by atoms with Crippen molar-refractivity contribution < 1.29 is 4.39 Å². The van der Waals surface area contributed by atoms with Crippen molar-refractivity contribution in [1.29, 1.82) is 0 Å². The Morgan fingerprint density at radius 1 is 1.55 bits per heavy atom. The SMILES string of the molecule is Fc1ccn2cc(Cl)nc2c1. The number of nitrogens with zero attached hydrogens (tertiary/aromatic N) is 2. The van der Waals surface area contributed by atoms with E-state index in [-0.39, 0.29) is 5.82 Å². The molecule has 0 aliphatic carbocycles. The first-order valence-electron chi connectivity index (χ1n) is 3.05. The van der Waals surface area contributed by atoms with Gasteiger partial charge >= 0.3 is 0 Å². The van der Waals surface area contributed by atoms with Crippen LogP contribution in [0.4, 0.5) is 4.39 Å². The number of pyridine rings is 1. The Bertz CT molecular complexity index is 396. The fourth-order valence-corrected chi connectivity index (χ4v) is 1.12. The van der Waals surface area contributed by atoms with Gasteiger partial charge in [0.2, 0.25) is 0 Å². The van der Waals surface area contributed by atoms with Crippen molar-refractivity contribution in [3.63, 3.8) is 0 Å². The highest BCUT2D eigenvalue weighted by molar-refractivity contribution is 6.29. The minimum atomic E-state index is -0.306. The van der Waals surface area contributed by atoms with Crippen molar-refractivity contribution in [3.8, 4) is 0 Å². The van der Waals surface area contributed by atoms with Gasteiger partial charge in [-0.15, -0.1) is 0 Å². The number of hydrogen-bond acceptors (Lipinski definition) is 1. The van der Waals surface area contributed by atoms with Crippen molar-refractivity contribution in [1.82, 2.24) is 9.38 Å². The van der Waals surface area contributed by atoms with Crippen LogP contribution >= 0.6 is 11.6 Å². The first-order chi connectivity index (χ1) is 5.25. The lowest BCUT2D eigenvalue weighted by Crippen LogP contribution is -1.82. The average molecular weight is 171 g/mol. The van der Waals surface area contributed by atoms with Crippen LogP contribution in [-0.2, 0) is 0 Å². The molecule has 0 fully saturated rings. The monoisotopic (exact) mass is 170 g/mol. The number of imidazole rings is 1. The standard InChI is InChI=1S/C7H4ClFN2/c8-6-4-11-2-1-5(9)3-7(11)10-6/h1-4H. The van der Waals surface area contributed by atoms with Gasteiger partial charge in [-0.25, -0.2) is 9.37 Å². The van der Waals surface area contributed by atoms with Crippen LogP contribution in [0, 0.1) is 5.82 Å². The Balaban J connectivity index is 2.82. The van der Waals surface area contributed by atoms with E-state index in [0.717, 1.165) is 0 Å². The zero-order chi connectivity index (χ0) is 7.84. The summed E-state index contributed by atoms with van der Waals surface area (Å²) in [4.78, 5) is 3.86. The molecule has 0 bridgehead atoms. The van der Waals surface area contributed by atoms with E-state index in [1.54, 1.807) is 16.8 Å². The topological polar surface area (TPSA) is 17.3 Å². The predicted octanol–water partition coefficient (Wildman–Crippen LogP) is 2.13. The Kier molecular flexibility index (Phi) is 1.32. The van der Waals surface area contributed by atoms with E-state index in [2.05, 4.69) is 4.98 Å². The highest BCUT2D eigenvalue weighted by atomic mass is 35.5. The van der Waals surface area contributed by atoms with Gasteiger partial charge in [-0.3, -0.25) is 0 Å². The lowest BCUT2D eigenvalue weighted by molar-refractivity contribution is 0.626. The summed E-state index contributed by atoms with van der Waals surface area (Å²) in [7, 11) is 0. The summed E-state index contributed by atoms with van der Waals surface area (Å²) in [5.74, 6) is -0.306. The summed E-state index contributed by atoms with van der Waals surface area (Å²) in [5, 5.41) is 0.371. The van der Waals surface area contributed by atoms with Crippen LogP contribution in [0.1, 0.15) is 0 Å². The third-order valence-corrected chi connectivity index (χ3v) is 1.57. The summed E-state index contributed by atoms with van der Waals surface area (Å²) in [6, 6.07) is 2.68. The fraction of sp³-hybridized carbons (Fsp3) is 0. The van der Waals surface area contributed by atoms with E-state index in [1.807, 2.05) is 0 Å². The molecular weight excluding hydrogens is 167 g/mol. The first kappa shape index (κ1) is 6.61. The molecule has 0 aliphatic heterocycles. The van der Waals surface area contributed by atoms with E-state index >= 15 is 0 Å². The molecule has 0 atom stereocenters. The van der Waals surface area contributed by atoms with Gasteiger partial charge < -0.3 is 4.40 Å². The third kappa shape index (κ3) is 1.07. The Morgan fingerprint density at radius 3 is 3.18 bits per heavy atom. The maximum absolute atomic E-state index is 12.5. The minimum absolute atomic E-state index is 0.306. The van der Waals surface area contributed by atoms with Crippen LogP contribution < -0.4 is 0 Å². The molecule has 2 rings (SSSR count). The van der Waals surface area contributed by atoms with E-state index in [4.69, 9.17) is 11.6 Å². The van der Waals surface area contributed by atoms with Gasteiger partial charge in [0.05, 0.1) is 0 Å². The van der Waals surface area contributed by atoms with Gasteiger partial charge in [0.15, 0.2) is 0 Å². The molecule has 4 heteroatoms. The lowest BCUT2D eigenvalue weighted by Gasteiger charge is -1.89. The normalized spacial score (nSPS) is 10.7. The van der Waals surface area contributed by atoms with Gasteiger partial charge in [-0.2, -0.15) is 0 Å². The van der Waals surface area contributed by atoms with Crippen LogP contribution in [0.25, 0.3) is 5.65 Å². The lowest BCUT2D eigenvalue weighted by atomic mass is 10.4. The number of fused-ring (bicyclic) bond motifs is 1. The van der Waals surface area contributed by atoms with Crippen LogP contribution in [0.2, 0.25) is 5.15 Å². The molecule has 0 radical (unpaired) electrons. The van der Waals surface area contributed by atoms with Crippen LogP contribution in [0.5, 0.6) is 0 Å². The maximum atomic E-state index is 12.5. The molecule has 0 saturated carbocycles. The number of aromatic nitrogens is 2. The van der Waals surface area contributed by atoms with Gasteiger partial charge in [-0.05, 0) is 6.07 Å². The largest absolute Gasteiger partial charge is 0.305 e. The van der Waals surface area contributed by atoms with Crippen LogP contribution in [-0.4, -0.2) is 9.38 Å². The van der Waals surface area contributed by atoms with E-state index in [0.29, 0.717) is 10.8 Å². The van der Waals surface area contributed by atoms with E-state index < -0.39 is 0 Å². The van der Waals surface area contributed by atoms with Crippen molar-refractivity contribution in [2.75, 3.05) is 0 Å². The highest BCUT2D eigenvalue weighted by Gasteiger charge is 1.98. The number of rotatable bonds is 0. The molecule has 0 unspecified atom stereocenters. The van der Waals surface area contributed by atoms with Gasteiger partial charge in [-0.1, -0.05) is 11.6 Å². The van der Waals surface area contributed by atoms with Gasteiger partial charge in [0.1, 0.15) is 16.6 Å². The summed E-state index contributed by atoms with van der Waals surface area (Å²) in [6.45, 7) is 0. The minimum Gasteiger partial charge on any atom is -0.305 e. The van der Waals surface area contributed by atoms with Crippen molar-refractivity contribution in [2.45, 2.75) is 0 Å². The predicted molar refractivity (Wildman–Crippen MR) is 40.2 cm³/mol. The molecule has 11 heavy (non-hydrogen) atoms. The Hall–Kier alpha value is -1.09. The number of hydrogen-bond donors (Lipinski definition) is 0. The van der Waals surface area contributed by atoms with Crippen LogP contribution in [0.15, 0.2) is 24.5 Å². The second kappa shape index (κ2) is 2.20. The van der Waals surface area contributed by atoms with Crippen LogP contribution in [0.3, 0.4) is 0 Å². The molecule has 0 aliphatic rings. The van der Waals surface area contributed by atoms with Crippen molar-refractivity contribution in [2.24, 2.45) is 0 Å². The van der Waals surface area contributed by atoms with Gasteiger partial charge in [0.25, 0.3) is 0 Å². The first-order valence-corrected chi connectivity index (χ1v) is 3.43. The molecule has 0 N–H and O–H groups in total. The maximum Gasteiger partial charge on any atom is 0.148 e. The highest BCUT2D eigenvalue weighted by Crippen LogP contribution is 2.10. The van der Waals surface area contributed by atoms with E-state index in [1.165, 1.54) is 12.1 Å². The molecule has 0 saturated heterocycles. The molecule has 2 aromatic heterocycles. The third-order valence-electron chi connectivity index (χ3n) is 1.39. The summed E-state index contributed by atoms with van der Waals surface area (Å²) in [5.41, 5.74) is 0.523. The second-order valence-electron chi connectivity index (χ2n) is 2.17.